The summed E-state index contributed by atoms with van der Waals surface area (Å²) in [6.07, 6.45) is 3.95. The van der Waals surface area contributed by atoms with E-state index in [-0.39, 0.29) is 0 Å². The van der Waals surface area contributed by atoms with Crippen molar-refractivity contribution in [3.05, 3.63) is 40.5 Å². The first-order valence-electron chi connectivity index (χ1n) is 10.0. The zero-order chi connectivity index (χ0) is 20.5. The molecule has 2 aromatic heterocycles. The lowest BCUT2D eigenvalue weighted by atomic mass is 9.99. The van der Waals surface area contributed by atoms with Crippen LogP contribution in [0.2, 0.25) is 0 Å². The average Bonchev–Trinajstić information content (AvgIpc) is 3.15. The Hall–Kier alpha value is -2.57. The number of hydrogen-bond acceptors (Lipinski definition) is 5. The molecule has 0 saturated heterocycles. The van der Waals surface area contributed by atoms with E-state index in [2.05, 4.69) is 39.6 Å². The fourth-order valence-electron chi connectivity index (χ4n) is 3.21. The van der Waals surface area contributed by atoms with Gasteiger partial charge in [0.05, 0.1) is 31.6 Å². The van der Waals surface area contributed by atoms with E-state index < -0.39 is 0 Å². The maximum absolute atomic E-state index is 5.48. The Labute approximate surface area is 168 Å². The Bertz CT molecular complexity index is 781. The van der Waals surface area contributed by atoms with Gasteiger partial charge in [0.1, 0.15) is 5.75 Å². The minimum Gasteiger partial charge on any atom is -0.496 e. The molecular formula is C21H33N5O2. The third-order valence-corrected chi connectivity index (χ3v) is 4.89. The summed E-state index contributed by atoms with van der Waals surface area (Å²) in [5, 5.41) is 10.8. The minimum atomic E-state index is 0.449. The summed E-state index contributed by atoms with van der Waals surface area (Å²) in [5.41, 5.74) is 3.97. The van der Waals surface area contributed by atoms with E-state index in [0.29, 0.717) is 25.0 Å². The van der Waals surface area contributed by atoms with Crippen LogP contribution in [0.5, 0.6) is 5.75 Å². The van der Waals surface area contributed by atoms with Gasteiger partial charge >= 0.3 is 0 Å². The number of pyridine rings is 1. The van der Waals surface area contributed by atoms with E-state index in [1.54, 1.807) is 7.11 Å². The molecule has 0 spiro atoms. The van der Waals surface area contributed by atoms with Crippen molar-refractivity contribution in [1.82, 2.24) is 20.8 Å². The van der Waals surface area contributed by atoms with E-state index >= 15 is 0 Å². The van der Waals surface area contributed by atoms with E-state index in [1.165, 1.54) is 0 Å². The number of guanidine groups is 1. The van der Waals surface area contributed by atoms with Crippen molar-refractivity contribution in [3.8, 4) is 5.75 Å². The molecule has 2 aromatic rings. The van der Waals surface area contributed by atoms with Crippen molar-refractivity contribution in [2.24, 2.45) is 4.99 Å². The molecule has 2 heterocycles. The molecule has 28 heavy (non-hydrogen) atoms. The summed E-state index contributed by atoms with van der Waals surface area (Å²) >= 11 is 0. The van der Waals surface area contributed by atoms with Crippen LogP contribution in [-0.4, -0.2) is 29.8 Å². The third-order valence-electron chi connectivity index (χ3n) is 4.89. The quantitative estimate of drug-likeness (QED) is 0.502. The number of nitrogens with zero attached hydrogens (tertiary/aromatic N) is 3. The molecule has 0 aliphatic carbocycles. The molecule has 7 heteroatoms. The van der Waals surface area contributed by atoms with E-state index in [4.69, 9.17) is 9.26 Å². The van der Waals surface area contributed by atoms with Gasteiger partial charge in [-0.1, -0.05) is 19.0 Å². The van der Waals surface area contributed by atoms with Gasteiger partial charge in [-0.25, -0.2) is 4.99 Å². The highest BCUT2D eigenvalue weighted by atomic mass is 16.5. The summed E-state index contributed by atoms with van der Waals surface area (Å²) in [7, 11) is 1.68. The van der Waals surface area contributed by atoms with E-state index in [1.807, 2.05) is 33.0 Å². The third kappa shape index (κ3) is 5.47. The van der Waals surface area contributed by atoms with Gasteiger partial charge in [0.15, 0.2) is 11.7 Å². The largest absolute Gasteiger partial charge is 0.496 e. The Kier molecular flexibility index (Phi) is 8.29. The van der Waals surface area contributed by atoms with Crippen molar-refractivity contribution in [2.75, 3.05) is 13.7 Å². The fourth-order valence-corrected chi connectivity index (χ4v) is 3.21. The van der Waals surface area contributed by atoms with Crippen LogP contribution in [0.3, 0.4) is 0 Å². The van der Waals surface area contributed by atoms with Crippen LogP contribution in [0.25, 0.3) is 0 Å². The molecule has 0 fully saturated rings. The number of hydrogen-bond donors (Lipinski definition) is 2. The Morgan fingerprint density at radius 3 is 2.61 bits per heavy atom. The molecule has 0 atom stereocenters. The molecule has 0 radical (unpaired) electrons. The first-order chi connectivity index (χ1) is 13.5. The van der Waals surface area contributed by atoms with Crippen molar-refractivity contribution >= 4 is 5.96 Å². The van der Waals surface area contributed by atoms with Crippen LogP contribution in [0, 0.1) is 13.8 Å². The number of aromatic nitrogens is 2. The molecule has 0 aliphatic heterocycles. The van der Waals surface area contributed by atoms with Crippen LogP contribution in [0.4, 0.5) is 0 Å². The molecule has 0 bridgehead atoms. The van der Waals surface area contributed by atoms with Crippen LogP contribution in [-0.2, 0) is 13.1 Å². The molecule has 2 rings (SSSR count). The van der Waals surface area contributed by atoms with Crippen molar-refractivity contribution in [3.63, 3.8) is 0 Å². The second kappa shape index (κ2) is 10.7. The maximum Gasteiger partial charge on any atom is 0.192 e. The highest BCUT2D eigenvalue weighted by Gasteiger charge is 2.13. The van der Waals surface area contributed by atoms with Crippen molar-refractivity contribution in [1.29, 1.82) is 0 Å². The zero-order valence-electron chi connectivity index (χ0n) is 17.9. The molecule has 0 unspecified atom stereocenters. The Morgan fingerprint density at radius 1 is 1.21 bits per heavy atom. The SMILES string of the molecule is CCNC(=NCc1ncc(C)c(OC)c1C)NCc1cc(C(CC)CC)no1. The Balaban J connectivity index is 2.05. The molecule has 2 N–H and O–H groups in total. The van der Waals surface area contributed by atoms with Crippen molar-refractivity contribution in [2.45, 2.75) is 66.5 Å². The predicted molar refractivity (Wildman–Crippen MR) is 112 cm³/mol. The normalized spacial score (nSPS) is 11.8. The van der Waals surface area contributed by atoms with Gasteiger partial charge in [0, 0.05) is 35.9 Å². The van der Waals surface area contributed by atoms with Gasteiger partial charge in [-0.15, -0.1) is 0 Å². The lowest BCUT2D eigenvalue weighted by Crippen LogP contribution is -2.36. The molecular weight excluding hydrogens is 354 g/mol. The van der Waals surface area contributed by atoms with Gasteiger partial charge in [0.2, 0.25) is 0 Å². The maximum atomic E-state index is 5.48. The van der Waals surface area contributed by atoms with Gasteiger partial charge in [-0.3, -0.25) is 4.98 Å². The second-order valence-corrected chi connectivity index (χ2v) is 6.83. The molecule has 154 valence electrons. The highest BCUT2D eigenvalue weighted by Crippen LogP contribution is 2.24. The van der Waals surface area contributed by atoms with Crippen molar-refractivity contribution < 1.29 is 9.26 Å². The van der Waals surface area contributed by atoms with E-state index in [9.17, 15) is 0 Å². The summed E-state index contributed by atoms with van der Waals surface area (Å²) in [4.78, 5) is 9.16. The topological polar surface area (TPSA) is 84.6 Å². The molecule has 0 aliphatic rings. The highest BCUT2D eigenvalue weighted by molar-refractivity contribution is 5.79. The monoisotopic (exact) mass is 387 g/mol. The van der Waals surface area contributed by atoms with Gasteiger partial charge in [-0.05, 0) is 33.6 Å². The van der Waals surface area contributed by atoms with Gasteiger partial charge in [-0.2, -0.15) is 0 Å². The Morgan fingerprint density at radius 2 is 1.96 bits per heavy atom. The van der Waals surface area contributed by atoms with E-state index in [0.717, 1.165) is 53.4 Å². The number of methoxy groups -OCH3 is 1. The molecule has 0 amide bonds. The summed E-state index contributed by atoms with van der Waals surface area (Å²) in [5.74, 6) is 2.83. The van der Waals surface area contributed by atoms with Crippen LogP contribution >= 0.6 is 0 Å². The summed E-state index contributed by atoms with van der Waals surface area (Å²) in [6.45, 7) is 12.2. The zero-order valence-corrected chi connectivity index (χ0v) is 17.9. The molecule has 0 aromatic carbocycles. The first-order valence-corrected chi connectivity index (χ1v) is 10.0. The molecule has 0 saturated carbocycles. The first kappa shape index (κ1) is 21.7. The number of ether oxygens (including phenoxy) is 1. The standard InChI is InChI=1S/C21H33N5O2/c1-7-16(8-2)18-10-17(28-26-18)12-24-21(22-9-3)25-13-19-15(5)20(27-6)14(4)11-23-19/h10-11,16H,7-9,12-13H2,1-6H3,(H2,22,24,25). The second-order valence-electron chi connectivity index (χ2n) is 6.83. The predicted octanol–water partition coefficient (Wildman–Crippen LogP) is 3.85. The smallest absolute Gasteiger partial charge is 0.192 e. The van der Waals surface area contributed by atoms with Crippen LogP contribution in [0.15, 0.2) is 21.8 Å². The minimum absolute atomic E-state index is 0.449. The molecule has 7 nitrogen and oxygen atoms in total. The fraction of sp³-hybridized carbons (Fsp3) is 0.571. The summed E-state index contributed by atoms with van der Waals surface area (Å²) in [6, 6.07) is 2.03. The summed E-state index contributed by atoms with van der Waals surface area (Å²) < 4.78 is 11.0. The number of rotatable bonds is 9. The van der Waals surface area contributed by atoms with Gasteiger partial charge in [0.25, 0.3) is 0 Å². The van der Waals surface area contributed by atoms with Crippen LogP contribution < -0.4 is 15.4 Å². The van der Waals surface area contributed by atoms with Crippen LogP contribution in [0.1, 0.15) is 67.8 Å². The number of aryl methyl sites for hydroxylation is 1. The number of nitrogens with one attached hydrogen (secondary N) is 2. The lowest BCUT2D eigenvalue weighted by molar-refractivity contribution is 0.368. The average molecular weight is 388 g/mol. The number of aliphatic imine (C=N–C) groups is 1. The lowest BCUT2D eigenvalue weighted by Gasteiger charge is -2.13. The van der Waals surface area contributed by atoms with Gasteiger partial charge < -0.3 is 19.9 Å².